The Morgan fingerprint density at radius 1 is 1.36 bits per heavy atom. The van der Waals surface area contributed by atoms with Crippen LogP contribution in [0.1, 0.15) is 27.2 Å². The van der Waals surface area contributed by atoms with Crippen LogP contribution in [0.15, 0.2) is 11.6 Å². The minimum absolute atomic E-state index is 0.273. The molecule has 0 spiro atoms. The Labute approximate surface area is 82.7 Å². The van der Waals surface area contributed by atoms with Crippen molar-refractivity contribution in [3.8, 4) is 0 Å². The first-order valence-corrected chi connectivity index (χ1v) is 4.13. The smallest absolute Gasteiger partial charge is 0.332 e. The Kier molecular flexibility index (Phi) is 8.91. The van der Waals surface area contributed by atoms with Crippen LogP contribution in [-0.4, -0.2) is 33.4 Å². The molecule has 0 aliphatic carbocycles. The molecule has 0 aromatic rings. The molecule has 1 unspecified atom stereocenters. The molecular formula is C9H16O5. The van der Waals surface area contributed by atoms with E-state index in [4.69, 9.17) is 15.3 Å². The average molecular weight is 204 g/mol. The van der Waals surface area contributed by atoms with Crippen molar-refractivity contribution in [3.05, 3.63) is 11.6 Å². The summed E-state index contributed by atoms with van der Waals surface area (Å²) in [5, 5.41) is 24.4. The fourth-order valence-corrected chi connectivity index (χ4v) is 0.298. The predicted octanol–water partition coefficient (Wildman–Crippen LogP) is 0.879. The number of aliphatic hydroxyl groups is 1. The Morgan fingerprint density at radius 2 is 1.79 bits per heavy atom. The molecule has 1 atom stereocenters. The number of aliphatic hydroxyl groups excluding tert-OH is 1. The van der Waals surface area contributed by atoms with E-state index >= 15 is 0 Å². The minimum Gasteiger partial charge on any atom is -0.479 e. The molecule has 0 fully saturated rings. The normalized spacial score (nSPS) is 12.4. The largest absolute Gasteiger partial charge is 0.479 e. The van der Waals surface area contributed by atoms with Gasteiger partial charge in [-0.15, -0.1) is 0 Å². The highest BCUT2D eigenvalue weighted by Gasteiger charge is 2.07. The average Bonchev–Trinajstić information content (AvgIpc) is 2.15. The van der Waals surface area contributed by atoms with Crippen molar-refractivity contribution in [2.45, 2.75) is 33.3 Å². The fraction of sp³-hybridized carbons (Fsp3) is 0.556. The van der Waals surface area contributed by atoms with E-state index in [0.29, 0.717) is 5.57 Å². The summed E-state index contributed by atoms with van der Waals surface area (Å²) in [5.41, 5.74) is 0.389. The zero-order valence-electron chi connectivity index (χ0n) is 8.52. The molecule has 14 heavy (non-hydrogen) atoms. The van der Waals surface area contributed by atoms with Crippen molar-refractivity contribution in [3.63, 3.8) is 0 Å². The summed E-state index contributed by atoms with van der Waals surface area (Å²) in [4.78, 5) is 19.5. The summed E-state index contributed by atoms with van der Waals surface area (Å²) in [6, 6.07) is 0. The van der Waals surface area contributed by atoms with Crippen LogP contribution in [0.4, 0.5) is 0 Å². The highest BCUT2D eigenvalue weighted by Crippen LogP contribution is 1.87. The van der Waals surface area contributed by atoms with Gasteiger partial charge in [0.2, 0.25) is 0 Å². The van der Waals surface area contributed by atoms with Gasteiger partial charge in [0, 0.05) is 5.57 Å². The Bertz CT molecular complexity index is 219. The third-order valence-electron chi connectivity index (χ3n) is 1.44. The number of carboxylic acids is 2. The Balaban J connectivity index is 0. The van der Waals surface area contributed by atoms with E-state index in [1.165, 1.54) is 0 Å². The number of hydrogen-bond donors (Lipinski definition) is 3. The summed E-state index contributed by atoms with van der Waals surface area (Å²) in [6.07, 6.45) is 0.650. The predicted molar refractivity (Wildman–Crippen MR) is 51.0 cm³/mol. The monoisotopic (exact) mass is 204 g/mol. The van der Waals surface area contributed by atoms with Gasteiger partial charge in [-0.3, -0.25) is 0 Å². The number of carboxylic acid groups (broad SMARTS) is 2. The van der Waals surface area contributed by atoms with Gasteiger partial charge in [0.05, 0.1) is 0 Å². The van der Waals surface area contributed by atoms with Gasteiger partial charge in [-0.1, -0.05) is 13.0 Å². The van der Waals surface area contributed by atoms with Gasteiger partial charge in [0.1, 0.15) is 0 Å². The molecule has 82 valence electrons. The number of carbonyl (C=O) groups is 2. The van der Waals surface area contributed by atoms with E-state index in [1.807, 2.05) is 0 Å². The van der Waals surface area contributed by atoms with Gasteiger partial charge < -0.3 is 15.3 Å². The molecule has 0 heterocycles. The van der Waals surface area contributed by atoms with Crippen LogP contribution in [0, 0.1) is 0 Å². The third-order valence-corrected chi connectivity index (χ3v) is 1.44. The lowest BCUT2D eigenvalue weighted by atomic mass is 10.3. The summed E-state index contributed by atoms with van der Waals surface area (Å²) in [7, 11) is 0. The maximum absolute atomic E-state index is 9.86. The lowest BCUT2D eigenvalue weighted by molar-refractivity contribution is -0.146. The molecule has 0 aromatic carbocycles. The molecule has 0 saturated carbocycles. The zero-order chi connectivity index (χ0) is 11.7. The summed E-state index contributed by atoms with van der Waals surface area (Å²) in [6.45, 7) is 4.87. The maximum Gasteiger partial charge on any atom is 0.332 e. The van der Waals surface area contributed by atoms with Crippen molar-refractivity contribution < 1.29 is 24.9 Å². The molecule has 3 N–H and O–H groups in total. The minimum atomic E-state index is -1.18. The topological polar surface area (TPSA) is 94.8 Å². The van der Waals surface area contributed by atoms with Crippen LogP contribution in [0.5, 0.6) is 0 Å². The second kappa shape index (κ2) is 8.25. The molecule has 0 rings (SSSR count). The van der Waals surface area contributed by atoms with Crippen molar-refractivity contribution in [2.75, 3.05) is 0 Å². The van der Waals surface area contributed by atoms with Crippen molar-refractivity contribution in [2.24, 2.45) is 0 Å². The molecule has 0 bridgehead atoms. The van der Waals surface area contributed by atoms with E-state index in [1.54, 1.807) is 26.8 Å². The molecular weight excluding hydrogens is 188 g/mol. The number of hydrogen-bond acceptors (Lipinski definition) is 3. The maximum atomic E-state index is 9.86. The second-order valence-electron chi connectivity index (χ2n) is 2.54. The van der Waals surface area contributed by atoms with Crippen LogP contribution in [0.3, 0.4) is 0 Å². The van der Waals surface area contributed by atoms with Crippen LogP contribution in [0.25, 0.3) is 0 Å². The molecule has 5 heteroatoms. The van der Waals surface area contributed by atoms with Crippen LogP contribution < -0.4 is 0 Å². The molecule has 0 amide bonds. The first-order valence-electron chi connectivity index (χ1n) is 4.13. The number of allylic oxidation sites excluding steroid dienone is 1. The van der Waals surface area contributed by atoms with Crippen LogP contribution in [-0.2, 0) is 9.59 Å². The van der Waals surface area contributed by atoms with Gasteiger partial charge in [-0.2, -0.15) is 0 Å². The Morgan fingerprint density at radius 3 is 1.79 bits per heavy atom. The molecule has 5 nitrogen and oxygen atoms in total. The summed E-state index contributed by atoms with van der Waals surface area (Å²) >= 11 is 0. The third kappa shape index (κ3) is 8.73. The van der Waals surface area contributed by atoms with Gasteiger partial charge in [0.15, 0.2) is 6.10 Å². The molecule has 0 aliphatic heterocycles. The van der Waals surface area contributed by atoms with Gasteiger partial charge in [-0.25, -0.2) is 9.59 Å². The first-order chi connectivity index (χ1) is 6.36. The van der Waals surface area contributed by atoms with Gasteiger partial charge in [-0.05, 0) is 20.3 Å². The van der Waals surface area contributed by atoms with E-state index in [-0.39, 0.29) is 6.42 Å². The van der Waals surface area contributed by atoms with Crippen LogP contribution >= 0.6 is 0 Å². The first kappa shape index (κ1) is 15.1. The van der Waals surface area contributed by atoms with Crippen molar-refractivity contribution >= 4 is 11.9 Å². The lowest BCUT2D eigenvalue weighted by Gasteiger charge is -1.95. The van der Waals surface area contributed by atoms with Gasteiger partial charge >= 0.3 is 11.9 Å². The van der Waals surface area contributed by atoms with E-state index in [0.717, 1.165) is 0 Å². The van der Waals surface area contributed by atoms with Crippen LogP contribution in [0.2, 0.25) is 0 Å². The molecule has 0 aromatic heterocycles. The van der Waals surface area contributed by atoms with E-state index in [2.05, 4.69) is 0 Å². The second-order valence-corrected chi connectivity index (χ2v) is 2.54. The molecule has 0 aliphatic rings. The van der Waals surface area contributed by atoms with Crippen molar-refractivity contribution in [1.82, 2.24) is 0 Å². The van der Waals surface area contributed by atoms with E-state index in [9.17, 15) is 9.59 Å². The highest BCUT2D eigenvalue weighted by molar-refractivity contribution is 5.85. The highest BCUT2D eigenvalue weighted by atomic mass is 16.4. The molecule has 0 saturated heterocycles. The van der Waals surface area contributed by atoms with Gasteiger partial charge in [0.25, 0.3) is 0 Å². The quantitative estimate of drug-likeness (QED) is 0.593. The standard InChI is InChI=1S/C5H8O2.C4H8O3/c1-3-4(2)5(6)7;1-2-3(5)4(6)7/h3H,1-2H3,(H,6,7);3,5H,2H2,1H3,(H,6,7)/b4-3+;. The zero-order valence-corrected chi connectivity index (χ0v) is 8.52. The Hall–Kier alpha value is -1.36. The summed E-state index contributed by atoms with van der Waals surface area (Å²) < 4.78 is 0. The fourth-order valence-electron chi connectivity index (χ4n) is 0.298. The SMILES string of the molecule is C/C=C(\C)C(=O)O.CCC(O)C(=O)O. The lowest BCUT2D eigenvalue weighted by Crippen LogP contribution is -2.17. The van der Waals surface area contributed by atoms with Crippen molar-refractivity contribution in [1.29, 1.82) is 0 Å². The van der Waals surface area contributed by atoms with E-state index < -0.39 is 18.0 Å². The number of aliphatic carboxylic acids is 2. The summed E-state index contributed by atoms with van der Waals surface area (Å²) in [5.74, 6) is -2.00. The number of rotatable bonds is 3. The molecule has 0 radical (unpaired) electrons.